The van der Waals surface area contributed by atoms with Gasteiger partial charge in [-0.05, 0) is 26.2 Å². The van der Waals surface area contributed by atoms with Crippen molar-refractivity contribution in [3.05, 3.63) is 0 Å². The number of carbonyl (C=O) groups excluding carboxylic acids is 1. The van der Waals surface area contributed by atoms with E-state index in [0.717, 1.165) is 25.7 Å². The molecule has 2 aliphatic rings. The average Bonchev–Trinajstić information content (AvgIpc) is 2.77. The minimum atomic E-state index is -0.889. The Morgan fingerprint density at radius 3 is 2.70 bits per heavy atom. The van der Waals surface area contributed by atoms with Gasteiger partial charge in [-0.25, -0.2) is 9.59 Å². The molecule has 2 unspecified atom stereocenters. The molecular weight excluding hydrogens is 260 g/mol. The summed E-state index contributed by atoms with van der Waals surface area (Å²) in [5, 5.41) is 9.35. The molecule has 2 atom stereocenters. The van der Waals surface area contributed by atoms with Gasteiger partial charge < -0.3 is 19.6 Å². The summed E-state index contributed by atoms with van der Waals surface area (Å²) < 4.78 is 5.54. The van der Waals surface area contributed by atoms with Crippen LogP contribution in [0, 0.1) is 0 Å². The first-order valence-corrected chi connectivity index (χ1v) is 7.49. The molecule has 0 saturated carbocycles. The highest BCUT2D eigenvalue weighted by atomic mass is 16.5. The first-order valence-electron chi connectivity index (χ1n) is 7.49. The molecular formula is C14H24N2O4. The van der Waals surface area contributed by atoms with E-state index in [-0.39, 0.29) is 12.1 Å². The van der Waals surface area contributed by atoms with Gasteiger partial charge in [-0.15, -0.1) is 0 Å². The molecule has 2 saturated heterocycles. The van der Waals surface area contributed by atoms with Crippen LogP contribution < -0.4 is 0 Å². The second-order valence-electron chi connectivity index (χ2n) is 5.66. The van der Waals surface area contributed by atoms with Crippen LogP contribution in [0.15, 0.2) is 0 Å². The van der Waals surface area contributed by atoms with Gasteiger partial charge in [0.2, 0.25) is 0 Å². The first kappa shape index (κ1) is 15.1. The van der Waals surface area contributed by atoms with Crippen LogP contribution in [0.5, 0.6) is 0 Å². The number of hydrogen-bond acceptors (Lipinski definition) is 3. The number of ether oxygens (including phenoxy) is 1. The van der Waals surface area contributed by atoms with E-state index in [1.807, 2.05) is 6.92 Å². The number of urea groups is 1. The zero-order valence-electron chi connectivity index (χ0n) is 12.1. The molecule has 2 heterocycles. The van der Waals surface area contributed by atoms with Crippen molar-refractivity contribution in [3.8, 4) is 0 Å². The highest BCUT2D eigenvalue weighted by Gasteiger charge is 2.34. The second-order valence-corrected chi connectivity index (χ2v) is 5.66. The van der Waals surface area contributed by atoms with Crippen molar-refractivity contribution in [2.45, 2.75) is 51.2 Å². The summed E-state index contributed by atoms with van der Waals surface area (Å²) in [6, 6.07) is -0.818. The van der Waals surface area contributed by atoms with E-state index in [1.165, 1.54) is 0 Å². The molecule has 2 amide bonds. The molecule has 0 aliphatic carbocycles. The largest absolute Gasteiger partial charge is 0.480 e. The number of amides is 2. The molecule has 20 heavy (non-hydrogen) atoms. The molecule has 0 spiro atoms. The van der Waals surface area contributed by atoms with E-state index >= 15 is 0 Å². The summed E-state index contributed by atoms with van der Waals surface area (Å²) in [5.74, 6) is -0.889. The summed E-state index contributed by atoms with van der Waals surface area (Å²) >= 11 is 0. The molecule has 1 N–H and O–H groups in total. The van der Waals surface area contributed by atoms with Crippen molar-refractivity contribution in [1.29, 1.82) is 0 Å². The topological polar surface area (TPSA) is 70.1 Å². The van der Waals surface area contributed by atoms with Gasteiger partial charge in [-0.1, -0.05) is 12.8 Å². The minimum Gasteiger partial charge on any atom is -0.480 e. The normalized spacial score (nSPS) is 28.6. The Kier molecular flexibility index (Phi) is 5.23. The molecule has 0 aromatic rings. The first-order chi connectivity index (χ1) is 9.59. The van der Waals surface area contributed by atoms with Crippen LogP contribution in [0.25, 0.3) is 0 Å². The fourth-order valence-electron chi connectivity index (χ4n) is 2.94. The number of likely N-dealkylation sites (tertiary alicyclic amines) is 1. The smallest absolute Gasteiger partial charge is 0.326 e. The number of carboxylic acid groups (broad SMARTS) is 1. The van der Waals surface area contributed by atoms with Gasteiger partial charge in [0.1, 0.15) is 6.04 Å². The second kappa shape index (κ2) is 6.92. The van der Waals surface area contributed by atoms with Gasteiger partial charge in [-0.2, -0.15) is 0 Å². The maximum Gasteiger partial charge on any atom is 0.326 e. The maximum atomic E-state index is 12.7. The van der Waals surface area contributed by atoms with Crippen LogP contribution in [0.1, 0.15) is 39.0 Å². The fraction of sp³-hybridized carbons (Fsp3) is 0.857. The van der Waals surface area contributed by atoms with E-state index < -0.39 is 12.0 Å². The van der Waals surface area contributed by atoms with Crippen molar-refractivity contribution < 1.29 is 19.4 Å². The average molecular weight is 284 g/mol. The third-order valence-corrected chi connectivity index (χ3v) is 4.01. The third-order valence-electron chi connectivity index (χ3n) is 4.01. The number of rotatable bonds is 1. The summed E-state index contributed by atoms with van der Waals surface area (Å²) in [7, 11) is 0. The van der Waals surface area contributed by atoms with E-state index in [2.05, 4.69) is 0 Å². The Hall–Kier alpha value is -1.30. The highest BCUT2D eigenvalue weighted by molar-refractivity contribution is 5.82. The van der Waals surface area contributed by atoms with Crippen LogP contribution >= 0.6 is 0 Å². The Morgan fingerprint density at radius 2 is 1.95 bits per heavy atom. The number of carboxylic acids is 1. The Balaban J connectivity index is 2.09. The highest BCUT2D eigenvalue weighted by Crippen LogP contribution is 2.20. The van der Waals surface area contributed by atoms with E-state index in [0.29, 0.717) is 32.7 Å². The molecule has 0 radical (unpaired) electrons. The van der Waals surface area contributed by atoms with Gasteiger partial charge in [0.25, 0.3) is 0 Å². The zero-order chi connectivity index (χ0) is 14.5. The molecule has 6 nitrogen and oxygen atoms in total. The predicted molar refractivity (Wildman–Crippen MR) is 73.6 cm³/mol. The number of nitrogens with zero attached hydrogens (tertiary/aromatic N) is 2. The SMILES string of the molecule is CC1CN(C(=O)N2CCCCCC2C(=O)O)CCCO1. The molecule has 2 fully saturated rings. The lowest BCUT2D eigenvalue weighted by Crippen LogP contribution is -2.52. The van der Waals surface area contributed by atoms with Crippen molar-refractivity contribution >= 4 is 12.0 Å². The minimum absolute atomic E-state index is 0.0108. The maximum absolute atomic E-state index is 12.7. The summed E-state index contributed by atoms with van der Waals surface area (Å²) in [6.07, 6.45) is 4.13. The molecule has 0 aromatic carbocycles. The number of hydrogen-bond donors (Lipinski definition) is 1. The lowest BCUT2D eigenvalue weighted by atomic mass is 10.1. The third kappa shape index (κ3) is 3.62. The zero-order valence-corrected chi connectivity index (χ0v) is 12.1. The molecule has 6 heteroatoms. The van der Waals surface area contributed by atoms with Crippen LogP contribution in [-0.4, -0.2) is 65.3 Å². The van der Waals surface area contributed by atoms with Crippen molar-refractivity contribution in [2.75, 3.05) is 26.2 Å². The lowest BCUT2D eigenvalue weighted by Gasteiger charge is -2.33. The van der Waals surface area contributed by atoms with Gasteiger partial charge in [0.15, 0.2) is 0 Å². The van der Waals surface area contributed by atoms with Gasteiger partial charge in [0.05, 0.1) is 6.10 Å². The summed E-state index contributed by atoms with van der Waals surface area (Å²) in [4.78, 5) is 27.3. The number of aliphatic carboxylic acids is 1. The molecule has 0 bridgehead atoms. The van der Waals surface area contributed by atoms with Crippen molar-refractivity contribution in [3.63, 3.8) is 0 Å². The van der Waals surface area contributed by atoms with Crippen molar-refractivity contribution in [1.82, 2.24) is 9.80 Å². The number of carbonyl (C=O) groups is 2. The molecule has 114 valence electrons. The summed E-state index contributed by atoms with van der Waals surface area (Å²) in [5.41, 5.74) is 0. The van der Waals surface area contributed by atoms with E-state index in [1.54, 1.807) is 9.80 Å². The predicted octanol–water partition coefficient (Wildman–Crippen LogP) is 1.55. The molecule has 2 rings (SSSR count). The van der Waals surface area contributed by atoms with Crippen LogP contribution in [0.3, 0.4) is 0 Å². The Labute approximate surface area is 119 Å². The quantitative estimate of drug-likeness (QED) is 0.793. The Bertz CT molecular complexity index is 361. The van der Waals surface area contributed by atoms with Crippen LogP contribution in [0.2, 0.25) is 0 Å². The fourth-order valence-corrected chi connectivity index (χ4v) is 2.94. The molecule has 2 aliphatic heterocycles. The van der Waals surface area contributed by atoms with Gasteiger partial charge in [0, 0.05) is 26.2 Å². The van der Waals surface area contributed by atoms with Gasteiger partial charge in [-0.3, -0.25) is 0 Å². The Morgan fingerprint density at radius 1 is 1.15 bits per heavy atom. The molecule has 0 aromatic heterocycles. The van der Waals surface area contributed by atoms with Gasteiger partial charge >= 0.3 is 12.0 Å². The van der Waals surface area contributed by atoms with Crippen molar-refractivity contribution in [2.24, 2.45) is 0 Å². The lowest BCUT2D eigenvalue weighted by molar-refractivity contribution is -0.142. The monoisotopic (exact) mass is 284 g/mol. The van der Waals surface area contributed by atoms with E-state index in [4.69, 9.17) is 4.74 Å². The van der Waals surface area contributed by atoms with E-state index in [9.17, 15) is 14.7 Å². The van der Waals surface area contributed by atoms with Crippen LogP contribution in [0.4, 0.5) is 4.79 Å². The summed E-state index contributed by atoms with van der Waals surface area (Å²) in [6.45, 7) is 4.34. The standard InChI is InChI=1S/C14H24N2O4/c1-11-10-15(7-5-9-20-11)14(19)16-8-4-2-3-6-12(16)13(17)18/h11-12H,2-10H2,1H3,(H,17,18). The van der Waals surface area contributed by atoms with Crippen LogP contribution in [-0.2, 0) is 9.53 Å².